The lowest BCUT2D eigenvalue weighted by atomic mass is 10.2. The summed E-state index contributed by atoms with van der Waals surface area (Å²) < 4.78 is 58.4. The van der Waals surface area contributed by atoms with Crippen LogP contribution < -0.4 is 20.1 Å². The average molecular weight is 480 g/mol. The van der Waals surface area contributed by atoms with Crippen LogP contribution in [0.5, 0.6) is 11.5 Å². The maximum absolute atomic E-state index is 13.3. The van der Waals surface area contributed by atoms with Gasteiger partial charge in [0.1, 0.15) is 23.0 Å². The predicted molar refractivity (Wildman–Crippen MR) is 104 cm³/mol. The molecule has 3 N–H and O–H groups in total. The van der Waals surface area contributed by atoms with Gasteiger partial charge in [-0.3, -0.25) is 9.59 Å². The summed E-state index contributed by atoms with van der Waals surface area (Å²) in [6.07, 6.45) is -5.03. The fourth-order valence-corrected chi connectivity index (χ4v) is 2.37. The van der Waals surface area contributed by atoms with Gasteiger partial charge in [0.25, 0.3) is 11.8 Å². The maximum atomic E-state index is 13.3. The smallest absolute Gasteiger partial charge is 0.484 e. The monoisotopic (exact) mass is 479 g/mol. The van der Waals surface area contributed by atoms with Gasteiger partial charge in [-0.2, -0.15) is 0 Å². The zero-order valence-corrected chi connectivity index (χ0v) is 17.0. The number of carbonyl (C=O) groups excluding carboxylic acids is 2. The number of benzene rings is 1. The number of ether oxygens (including phenoxy) is 2. The number of aliphatic hydroxyl groups is 1. The standard InChI is InChI=1S/C19H18ClF4N3O5/c20-14-3-1-12(7-15(14)21)31-10-17(29)27-8-11(28)5-6-25-18(30)16-4-2-13(9-26-16)32-19(22,23)24/h1-4,7,9,11,28H,5-6,8,10H2,(H,25,30)(H,27,29)/t11-/m0/s1. The maximum Gasteiger partial charge on any atom is 0.573 e. The molecule has 0 fully saturated rings. The summed E-state index contributed by atoms with van der Waals surface area (Å²) in [6.45, 7) is -0.530. The van der Waals surface area contributed by atoms with Crippen molar-refractivity contribution in [1.82, 2.24) is 15.6 Å². The Labute approximate surface area is 184 Å². The number of alkyl halides is 3. The third-order valence-electron chi connectivity index (χ3n) is 3.76. The van der Waals surface area contributed by atoms with Gasteiger partial charge in [0.15, 0.2) is 6.61 Å². The molecule has 1 atom stereocenters. The number of aliphatic hydroxyl groups excluding tert-OH is 1. The molecule has 2 amide bonds. The number of pyridine rings is 1. The van der Waals surface area contributed by atoms with Gasteiger partial charge in [0.05, 0.1) is 17.3 Å². The van der Waals surface area contributed by atoms with E-state index >= 15 is 0 Å². The third-order valence-corrected chi connectivity index (χ3v) is 4.07. The molecule has 1 aromatic heterocycles. The van der Waals surface area contributed by atoms with Gasteiger partial charge in [0.2, 0.25) is 0 Å². The minimum atomic E-state index is -4.86. The van der Waals surface area contributed by atoms with Crippen LogP contribution in [0.3, 0.4) is 0 Å². The lowest BCUT2D eigenvalue weighted by molar-refractivity contribution is -0.274. The van der Waals surface area contributed by atoms with E-state index in [1.165, 1.54) is 12.1 Å². The van der Waals surface area contributed by atoms with Crippen LogP contribution in [-0.4, -0.2) is 54.1 Å². The fraction of sp³-hybridized carbons (Fsp3) is 0.316. The van der Waals surface area contributed by atoms with Crippen LogP contribution in [0, 0.1) is 5.82 Å². The van der Waals surface area contributed by atoms with Crippen molar-refractivity contribution in [3.05, 3.63) is 53.1 Å². The average Bonchev–Trinajstić information content (AvgIpc) is 2.72. The quantitative estimate of drug-likeness (QED) is 0.452. The molecule has 2 aromatic rings. The molecule has 0 saturated heterocycles. The largest absolute Gasteiger partial charge is 0.573 e. The molecule has 8 nitrogen and oxygen atoms in total. The van der Waals surface area contributed by atoms with E-state index in [9.17, 15) is 32.3 Å². The molecule has 13 heteroatoms. The Morgan fingerprint density at radius 3 is 2.50 bits per heavy atom. The number of hydrogen-bond donors (Lipinski definition) is 3. The molecular formula is C19H18ClF4N3O5. The molecule has 32 heavy (non-hydrogen) atoms. The SMILES string of the molecule is O=C(COc1ccc(Cl)c(F)c1)NC[C@@H](O)CCNC(=O)c1ccc(OC(F)(F)F)cn1. The highest BCUT2D eigenvalue weighted by Gasteiger charge is 2.31. The summed E-state index contributed by atoms with van der Waals surface area (Å²) in [5.74, 6) is -2.37. The van der Waals surface area contributed by atoms with Crippen molar-refractivity contribution in [1.29, 1.82) is 0 Å². The predicted octanol–water partition coefficient (Wildman–Crippen LogP) is 2.45. The highest BCUT2D eigenvalue weighted by Crippen LogP contribution is 2.22. The molecule has 0 aliphatic heterocycles. The van der Waals surface area contributed by atoms with E-state index in [4.69, 9.17) is 16.3 Å². The zero-order valence-electron chi connectivity index (χ0n) is 16.3. The molecule has 0 saturated carbocycles. The fourth-order valence-electron chi connectivity index (χ4n) is 2.25. The topological polar surface area (TPSA) is 110 Å². The highest BCUT2D eigenvalue weighted by molar-refractivity contribution is 6.30. The van der Waals surface area contributed by atoms with Crippen LogP contribution in [-0.2, 0) is 4.79 Å². The van der Waals surface area contributed by atoms with E-state index in [2.05, 4.69) is 20.4 Å². The van der Waals surface area contributed by atoms with E-state index in [1.807, 2.05) is 0 Å². The van der Waals surface area contributed by atoms with Crippen molar-refractivity contribution in [2.75, 3.05) is 19.7 Å². The van der Waals surface area contributed by atoms with Crippen molar-refractivity contribution in [3.63, 3.8) is 0 Å². The van der Waals surface area contributed by atoms with E-state index < -0.39 is 42.5 Å². The van der Waals surface area contributed by atoms with Gasteiger partial charge < -0.3 is 25.2 Å². The third kappa shape index (κ3) is 8.94. The van der Waals surface area contributed by atoms with Crippen LogP contribution >= 0.6 is 11.6 Å². The second-order valence-corrected chi connectivity index (χ2v) is 6.70. The molecule has 2 rings (SSSR count). The Kier molecular flexibility index (Phi) is 9.02. The summed E-state index contributed by atoms with van der Waals surface area (Å²) in [5, 5.41) is 14.6. The first-order valence-electron chi connectivity index (χ1n) is 9.06. The van der Waals surface area contributed by atoms with Crippen LogP contribution in [0.25, 0.3) is 0 Å². The van der Waals surface area contributed by atoms with E-state index in [1.54, 1.807) is 0 Å². The van der Waals surface area contributed by atoms with Crippen molar-refractivity contribution in [2.24, 2.45) is 0 Å². The first-order chi connectivity index (χ1) is 15.0. The van der Waals surface area contributed by atoms with Crippen molar-refractivity contribution in [2.45, 2.75) is 18.9 Å². The van der Waals surface area contributed by atoms with Crippen LogP contribution in [0.1, 0.15) is 16.9 Å². The second kappa shape index (κ2) is 11.5. The number of hydrogen-bond acceptors (Lipinski definition) is 6. The van der Waals surface area contributed by atoms with Gasteiger partial charge in [-0.1, -0.05) is 11.6 Å². The van der Waals surface area contributed by atoms with Crippen LogP contribution in [0.15, 0.2) is 36.5 Å². The van der Waals surface area contributed by atoms with Crippen molar-refractivity contribution < 1.29 is 41.7 Å². The van der Waals surface area contributed by atoms with E-state index in [-0.39, 0.29) is 36.0 Å². The molecule has 0 spiro atoms. The molecule has 174 valence electrons. The summed E-state index contributed by atoms with van der Waals surface area (Å²) in [6, 6.07) is 5.70. The first kappa shape index (κ1) is 25.1. The van der Waals surface area contributed by atoms with E-state index in [0.717, 1.165) is 24.4 Å². The first-order valence-corrected chi connectivity index (χ1v) is 9.44. The Bertz CT molecular complexity index is 928. The van der Waals surface area contributed by atoms with Gasteiger partial charge in [-0.15, -0.1) is 13.2 Å². The molecule has 0 unspecified atom stereocenters. The number of halogens is 5. The molecule has 0 aliphatic carbocycles. The van der Waals surface area contributed by atoms with Gasteiger partial charge >= 0.3 is 6.36 Å². The number of nitrogens with zero attached hydrogens (tertiary/aromatic N) is 1. The summed E-state index contributed by atoms with van der Waals surface area (Å²) in [5.41, 5.74) is -0.141. The Morgan fingerprint density at radius 2 is 1.88 bits per heavy atom. The number of nitrogens with one attached hydrogen (secondary N) is 2. The van der Waals surface area contributed by atoms with E-state index in [0.29, 0.717) is 0 Å². The van der Waals surface area contributed by atoms with Crippen LogP contribution in [0.2, 0.25) is 5.02 Å². The zero-order chi connectivity index (χ0) is 23.7. The number of amides is 2. The second-order valence-electron chi connectivity index (χ2n) is 6.29. The Morgan fingerprint density at radius 1 is 1.16 bits per heavy atom. The minimum absolute atomic E-state index is 0.0128. The number of rotatable bonds is 10. The van der Waals surface area contributed by atoms with Crippen molar-refractivity contribution in [3.8, 4) is 11.5 Å². The summed E-state index contributed by atoms with van der Waals surface area (Å²) in [4.78, 5) is 27.2. The van der Waals surface area contributed by atoms with Gasteiger partial charge in [-0.05, 0) is 30.7 Å². The summed E-state index contributed by atoms with van der Waals surface area (Å²) in [7, 11) is 0. The van der Waals surface area contributed by atoms with Crippen LogP contribution in [0.4, 0.5) is 17.6 Å². The molecule has 0 aliphatic rings. The number of aromatic nitrogens is 1. The lowest BCUT2D eigenvalue weighted by Gasteiger charge is -2.13. The van der Waals surface area contributed by atoms with Gasteiger partial charge in [0, 0.05) is 19.2 Å². The lowest BCUT2D eigenvalue weighted by Crippen LogP contribution is -2.37. The Hall–Kier alpha value is -3.12. The molecule has 0 bridgehead atoms. The molecule has 1 heterocycles. The van der Waals surface area contributed by atoms with Gasteiger partial charge in [-0.25, -0.2) is 9.37 Å². The molecular weight excluding hydrogens is 462 g/mol. The van der Waals surface area contributed by atoms with Crippen molar-refractivity contribution >= 4 is 23.4 Å². The summed E-state index contributed by atoms with van der Waals surface area (Å²) >= 11 is 5.54. The number of carbonyl (C=O) groups is 2. The molecule has 1 aromatic carbocycles. The minimum Gasteiger partial charge on any atom is -0.484 e. The Balaban J connectivity index is 1.65. The molecule has 0 radical (unpaired) electrons. The highest BCUT2D eigenvalue weighted by atomic mass is 35.5. The normalized spacial score (nSPS) is 12.1.